The maximum atomic E-state index is 13.3. The molecule has 5 rings (SSSR count). The van der Waals surface area contributed by atoms with E-state index in [1.807, 2.05) is 54.6 Å². The van der Waals surface area contributed by atoms with Crippen LogP contribution in [-0.2, 0) is 17.4 Å². The summed E-state index contributed by atoms with van der Waals surface area (Å²) in [6, 6.07) is 19.1. The summed E-state index contributed by atoms with van der Waals surface area (Å²) in [5.41, 5.74) is 3.00. The maximum Gasteiger partial charge on any atom is 0.339 e. The van der Waals surface area contributed by atoms with Crippen LogP contribution in [0.15, 0.2) is 60.7 Å². The first-order valence-corrected chi connectivity index (χ1v) is 9.79. The van der Waals surface area contributed by atoms with Gasteiger partial charge in [0.05, 0.1) is 17.8 Å². The molecule has 0 N–H and O–H groups in total. The Labute approximate surface area is 168 Å². The van der Waals surface area contributed by atoms with Gasteiger partial charge in [-0.25, -0.2) is 4.79 Å². The number of hydrogen-bond acceptors (Lipinski definition) is 4. The minimum Gasteiger partial charge on any atom is -0.449 e. The van der Waals surface area contributed by atoms with Crippen molar-refractivity contribution in [1.29, 1.82) is 0 Å². The molecule has 3 heterocycles. The summed E-state index contributed by atoms with van der Waals surface area (Å²) in [7, 11) is 1.78. The Morgan fingerprint density at radius 1 is 1.10 bits per heavy atom. The number of hydrogen-bond donors (Lipinski definition) is 0. The van der Waals surface area contributed by atoms with Gasteiger partial charge in [-0.3, -0.25) is 9.48 Å². The van der Waals surface area contributed by atoms with Crippen LogP contribution in [0.3, 0.4) is 0 Å². The molecule has 1 atom stereocenters. The van der Waals surface area contributed by atoms with Crippen molar-refractivity contribution in [2.75, 3.05) is 13.1 Å². The third-order valence-electron chi connectivity index (χ3n) is 5.84. The fourth-order valence-corrected chi connectivity index (χ4v) is 4.42. The van der Waals surface area contributed by atoms with Crippen LogP contribution in [0.5, 0.6) is 0 Å². The summed E-state index contributed by atoms with van der Waals surface area (Å²) in [6.07, 6.45) is 1.50. The summed E-state index contributed by atoms with van der Waals surface area (Å²) in [6.45, 7) is 0.993. The molecule has 2 aliphatic rings. The Morgan fingerprint density at radius 3 is 2.69 bits per heavy atom. The second-order valence-electron chi connectivity index (χ2n) is 7.66. The predicted octanol–water partition coefficient (Wildman–Crippen LogP) is 3.39. The lowest BCUT2D eigenvalue weighted by atomic mass is 9.85. The van der Waals surface area contributed by atoms with E-state index >= 15 is 0 Å². The van der Waals surface area contributed by atoms with E-state index in [0.29, 0.717) is 24.3 Å². The normalized spacial score (nSPS) is 20.6. The number of esters is 1. The molecular formula is C23H21N3O3. The number of rotatable bonds is 2. The molecular weight excluding hydrogens is 366 g/mol. The highest BCUT2D eigenvalue weighted by Gasteiger charge is 2.49. The number of amides is 1. The molecule has 1 fully saturated rings. The first kappa shape index (κ1) is 17.7. The Kier molecular flexibility index (Phi) is 4.01. The fourth-order valence-electron chi connectivity index (χ4n) is 4.42. The van der Waals surface area contributed by atoms with Gasteiger partial charge in [-0.15, -0.1) is 0 Å². The number of nitrogens with zero attached hydrogens (tertiary/aromatic N) is 3. The molecule has 0 bridgehead atoms. The van der Waals surface area contributed by atoms with E-state index in [-0.39, 0.29) is 11.9 Å². The molecule has 146 valence electrons. The van der Waals surface area contributed by atoms with Gasteiger partial charge in [-0.2, -0.15) is 5.10 Å². The minimum absolute atomic E-state index is 0.0957. The predicted molar refractivity (Wildman–Crippen MR) is 107 cm³/mol. The highest BCUT2D eigenvalue weighted by atomic mass is 16.6. The number of carbonyl (C=O) groups is 2. The van der Waals surface area contributed by atoms with Crippen molar-refractivity contribution in [1.82, 2.24) is 14.7 Å². The van der Waals surface area contributed by atoms with E-state index < -0.39 is 5.60 Å². The van der Waals surface area contributed by atoms with Crippen LogP contribution in [-0.4, -0.2) is 39.6 Å². The molecule has 1 spiro atoms. The lowest BCUT2D eigenvalue weighted by Gasteiger charge is -2.39. The van der Waals surface area contributed by atoms with Gasteiger partial charge in [0.25, 0.3) is 5.91 Å². The van der Waals surface area contributed by atoms with E-state index in [9.17, 15) is 9.59 Å². The van der Waals surface area contributed by atoms with E-state index in [0.717, 1.165) is 29.7 Å². The van der Waals surface area contributed by atoms with Crippen molar-refractivity contribution in [3.8, 4) is 11.3 Å². The van der Waals surface area contributed by atoms with Crippen molar-refractivity contribution in [2.24, 2.45) is 7.05 Å². The van der Waals surface area contributed by atoms with Gasteiger partial charge in [0.15, 0.2) is 5.60 Å². The Hall–Kier alpha value is -3.41. The Bertz CT molecular complexity index is 1110. The van der Waals surface area contributed by atoms with Gasteiger partial charge < -0.3 is 9.64 Å². The topological polar surface area (TPSA) is 64.4 Å². The number of benzene rings is 2. The quantitative estimate of drug-likeness (QED) is 0.633. The van der Waals surface area contributed by atoms with E-state index in [4.69, 9.17) is 4.74 Å². The average Bonchev–Trinajstić information content (AvgIpc) is 3.27. The molecule has 2 aromatic carbocycles. The summed E-state index contributed by atoms with van der Waals surface area (Å²) in [5, 5.41) is 4.52. The van der Waals surface area contributed by atoms with Crippen molar-refractivity contribution >= 4 is 11.9 Å². The standard InChI is InChI=1S/C23H21N3O3/c1-25-20(14-19(24-25)16-8-3-2-4-9-16)21(27)26-13-7-12-23(15-26)18-11-6-5-10-17(18)22(28)29-23/h2-6,8-11,14H,7,12-13,15H2,1H3. The number of carbonyl (C=O) groups excluding carboxylic acids is 2. The van der Waals surface area contributed by atoms with Crippen molar-refractivity contribution in [3.63, 3.8) is 0 Å². The van der Waals surface area contributed by atoms with Crippen LogP contribution in [0.2, 0.25) is 0 Å². The molecule has 0 radical (unpaired) electrons. The van der Waals surface area contributed by atoms with Crippen LogP contribution < -0.4 is 0 Å². The van der Waals surface area contributed by atoms with E-state index in [1.54, 1.807) is 22.7 Å². The highest BCUT2D eigenvalue weighted by molar-refractivity contribution is 5.96. The Balaban J connectivity index is 1.45. The van der Waals surface area contributed by atoms with Crippen LogP contribution in [0, 0.1) is 0 Å². The van der Waals surface area contributed by atoms with E-state index in [2.05, 4.69) is 5.10 Å². The molecule has 0 saturated carbocycles. The van der Waals surface area contributed by atoms with Crippen molar-refractivity contribution in [2.45, 2.75) is 18.4 Å². The van der Waals surface area contributed by atoms with E-state index in [1.165, 1.54) is 0 Å². The number of fused-ring (bicyclic) bond motifs is 2. The number of aromatic nitrogens is 2. The monoisotopic (exact) mass is 387 g/mol. The van der Waals surface area contributed by atoms with Gasteiger partial charge in [-0.1, -0.05) is 48.5 Å². The Morgan fingerprint density at radius 2 is 1.86 bits per heavy atom. The number of aryl methyl sites for hydroxylation is 1. The summed E-state index contributed by atoms with van der Waals surface area (Å²) in [5.74, 6) is -0.400. The lowest BCUT2D eigenvalue weighted by molar-refractivity contribution is -0.0444. The van der Waals surface area contributed by atoms with Gasteiger partial charge in [0.1, 0.15) is 5.69 Å². The first-order valence-electron chi connectivity index (χ1n) is 9.79. The van der Waals surface area contributed by atoms with Crippen LogP contribution in [0.1, 0.15) is 39.3 Å². The molecule has 1 aromatic heterocycles. The SMILES string of the molecule is Cn1nc(-c2ccccc2)cc1C(=O)N1CCCC2(C1)OC(=O)c1ccccc12. The molecule has 3 aromatic rings. The zero-order chi connectivity index (χ0) is 20.0. The van der Waals surface area contributed by atoms with Crippen LogP contribution >= 0.6 is 0 Å². The molecule has 29 heavy (non-hydrogen) atoms. The average molecular weight is 387 g/mol. The smallest absolute Gasteiger partial charge is 0.339 e. The number of piperidine rings is 1. The minimum atomic E-state index is -0.748. The largest absolute Gasteiger partial charge is 0.449 e. The maximum absolute atomic E-state index is 13.3. The third-order valence-corrected chi connectivity index (χ3v) is 5.84. The van der Waals surface area contributed by atoms with Crippen molar-refractivity contribution in [3.05, 3.63) is 77.5 Å². The second-order valence-corrected chi connectivity index (χ2v) is 7.66. The third kappa shape index (κ3) is 2.83. The molecule has 6 heteroatoms. The summed E-state index contributed by atoms with van der Waals surface area (Å²) < 4.78 is 7.45. The van der Waals surface area contributed by atoms with Gasteiger partial charge in [0.2, 0.25) is 0 Å². The lowest BCUT2D eigenvalue weighted by Crippen LogP contribution is -2.49. The van der Waals surface area contributed by atoms with Crippen LogP contribution in [0.25, 0.3) is 11.3 Å². The molecule has 2 aliphatic heterocycles. The van der Waals surface area contributed by atoms with Gasteiger partial charge in [-0.05, 0) is 25.0 Å². The molecule has 6 nitrogen and oxygen atoms in total. The second kappa shape index (κ2) is 6.58. The molecule has 1 saturated heterocycles. The highest BCUT2D eigenvalue weighted by Crippen LogP contribution is 2.43. The molecule has 1 unspecified atom stereocenters. The number of likely N-dealkylation sites (tertiary alicyclic amines) is 1. The zero-order valence-electron chi connectivity index (χ0n) is 16.2. The molecule has 0 aliphatic carbocycles. The summed E-state index contributed by atoms with van der Waals surface area (Å²) >= 11 is 0. The first-order chi connectivity index (χ1) is 14.1. The van der Waals surface area contributed by atoms with Gasteiger partial charge >= 0.3 is 5.97 Å². The van der Waals surface area contributed by atoms with Gasteiger partial charge in [0, 0.05) is 24.7 Å². The van der Waals surface area contributed by atoms with Crippen LogP contribution in [0.4, 0.5) is 0 Å². The zero-order valence-corrected chi connectivity index (χ0v) is 16.2. The molecule has 1 amide bonds. The summed E-state index contributed by atoms with van der Waals surface area (Å²) in [4.78, 5) is 27.5. The van der Waals surface area contributed by atoms with Crippen molar-refractivity contribution < 1.29 is 14.3 Å². The number of ether oxygens (including phenoxy) is 1. The fraction of sp³-hybridized carbons (Fsp3) is 0.261.